The molecule has 0 atom stereocenters. The summed E-state index contributed by atoms with van der Waals surface area (Å²) in [6.07, 6.45) is 37.0. The quantitative estimate of drug-likeness (QED) is 0.0338. The number of nitrogens with zero attached hydrogens (tertiary/aromatic N) is 1. The van der Waals surface area contributed by atoms with Gasteiger partial charge in [-0.3, -0.25) is 14.4 Å². The molecule has 0 saturated heterocycles. The third-order valence-corrected chi connectivity index (χ3v) is 13.0. The van der Waals surface area contributed by atoms with Crippen LogP contribution in [0.4, 0.5) is 4.79 Å². The molecule has 0 aliphatic heterocycles. The van der Waals surface area contributed by atoms with Crippen molar-refractivity contribution in [2.45, 2.75) is 272 Å². The first-order valence-corrected chi connectivity index (χ1v) is 30.6. The Kier molecular flexibility index (Phi) is 53.4. The van der Waals surface area contributed by atoms with Crippen molar-refractivity contribution in [3.63, 3.8) is 0 Å². The molecule has 0 aliphatic carbocycles. The highest BCUT2D eigenvalue weighted by molar-refractivity contribution is 5.75. The lowest BCUT2D eigenvalue weighted by Gasteiger charge is -2.22. The molecule has 0 fully saturated rings. The van der Waals surface area contributed by atoms with Crippen LogP contribution in [0.15, 0.2) is 0 Å². The lowest BCUT2D eigenvalue weighted by atomic mass is 10.0. The average Bonchev–Trinajstić information content (AvgIpc) is 3.36. The van der Waals surface area contributed by atoms with Crippen LogP contribution in [0.5, 0.6) is 0 Å². The number of alkyl carbamates (subject to hydrolysis) is 1. The highest BCUT2D eigenvalue weighted by Gasteiger charge is 2.16. The summed E-state index contributed by atoms with van der Waals surface area (Å²) in [7, 11) is 0. The van der Waals surface area contributed by atoms with E-state index in [1.54, 1.807) is 0 Å². The Morgan fingerprint density at radius 2 is 0.824 bits per heavy atom. The van der Waals surface area contributed by atoms with Gasteiger partial charge in [-0.2, -0.15) is 0 Å². The van der Waals surface area contributed by atoms with Gasteiger partial charge in [0, 0.05) is 38.9 Å². The molecule has 0 saturated carbocycles. The molecule has 0 unspecified atom stereocenters. The largest absolute Gasteiger partial charge is 0.466 e. The van der Waals surface area contributed by atoms with Gasteiger partial charge >= 0.3 is 18.0 Å². The van der Waals surface area contributed by atoms with Crippen molar-refractivity contribution < 1.29 is 52.3 Å². The topological polar surface area (TPSA) is 160 Å². The molecule has 0 rings (SSSR count). The molecule has 0 aromatic rings. The predicted octanol–water partition coefficient (Wildman–Crippen LogP) is 13.8. The Balaban J connectivity index is 4.52. The Morgan fingerprint density at radius 1 is 0.405 bits per heavy atom. The molecule has 14 nitrogen and oxygen atoms in total. The standard InChI is InChI=1S/C60H117N3O11/c1-7-10-13-16-19-28-35-46-72-57(65)38-31-24-20-26-33-43-63(44-34-27-21-25-32-39-58(66)73-55(36-29-22-17-14-11-8-2)37-30-23-18-15-12-9-3)45-41-61-56(64)40-47-68-49-51-70-53-54-71-52-50-69-48-42-62-59(67)74-60(4,5)6/h55H,7-54H2,1-6H3,(H,61,64)(H,62,67). The monoisotopic (exact) mass is 1060 g/mol. The summed E-state index contributed by atoms with van der Waals surface area (Å²) in [4.78, 5) is 51.9. The number of unbranched alkanes of at least 4 members (excludes halogenated alkanes) is 24. The van der Waals surface area contributed by atoms with Crippen LogP contribution in [0.1, 0.15) is 260 Å². The van der Waals surface area contributed by atoms with Crippen LogP contribution in [0.2, 0.25) is 0 Å². The summed E-state index contributed by atoms with van der Waals surface area (Å²) in [6, 6.07) is 0. The average molecular weight is 1060 g/mol. The first-order chi connectivity index (χ1) is 36.0. The van der Waals surface area contributed by atoms with E-state index in [9.17, 15) is 19.2 Å². The Morgan fingerprint density at radius 3 is 1.32 bits per heavy atom. The number of carbonyl (C=O) groups is 4. The second kappa shape index (κ2) is 55.2. The maximum Gasteiger partial charge on any atom is 0.407 e. The Bertz CT molecular complexity index is 1240. The fourth-order valence-electron chi connectivity index (χ4n) is 8.64. The van der Waals surface area contributed by atoms with E-state index in [0.29, 0.717) is 91.8 Å². The van der Waals surface area contributed by atoms with E-state index >= 15 is 0 Å². The summed E-state index contributed by atoms with van der Waals surface area (Å²) in [5.41, 5.74) is -0.529. The SMILES string of the molecule is CCCCCCCCCOC(=O)CCCCCCCN(CCCCCCCC(=O)OC(CCCCCCCC)CCCCCCCC)CCNC(=O)CCOCCOCCOCCOCCNC(=O)OC(C)(C)C. The van der Waals surface area contributed by atoms with Crippen LogP contribution < -0.4 is 10.6 Å². The molecule has 0 aromatic carbocycles. The van der Waals surface area contributed by atoms with Crippen LogP contribution >= 0.6 is 0 Å². The Hall–Kier alpha value is -2.52. The molecule has 0 radical (unpaired) electrons. The molecule has 438 valence electrons. The number of amides is 2. The van der Waals surface area contributed by atoms with E-state index in [1.807, 2.05) is 20.8 Å². The Labute approximate surface area is 454 Å². The number of rotatable bonds is 57. The van der Waals surface area contributed by atoms with Crippen molar-refractivity contribution in [3.05, 3.63) is 0 Å². The van der Waals surface area contributed by atoms with Gasteiger partial charge < -0.3 is 48.7 Å². The zero-order valence-electron chi connectivity index (χ0n) is 49.0. The molecule has 2 N–H and O–H groups in total. The maximum absolute atomic E-state index is 12.9. The molecule has 0 heterocycles. The molecular weight excluding hydrogens is 939 g/mol. The normalized spacial score (nSPS) is 11.7. The van der Waals surface area contributed by atoms with E-state index in [4.69, 9.17) is 33.2 Å². The van der Waals surface area contributed by atoms with Crippen molar-refractivity contribution >= 4 is 23.9 Å². The van der Waals surface area contributed by atoms with Crippen molar-refractivity contribution in [3.8, 4) is 0 Å². The minimum atomic E-state index is -0.529. The highest BCUT2D eigenvalue weighted by atomic mass is 16.6. The molecule has 2 amide bonds. The van der Waals surface area contributed by atoms with E-state index in [1.165, 1.54) is 96.3 Å². The second-order valence-electron chi connectivity index (χ2n) is 21.4. The van der Waals surface area contributed by atoms with Crippen molar-refractivity contribution in [2.24, 2.45) is 0 Å². The number of nitrogens with one attached hydrogen (secondary N) is 2. The van der Waals surface area contributed by atoms with Gasteiger partial charge in [-0.15, -0.1) is 0 Å². The highest BCUT2D eigenvalue weighted by Crippen LogP contribution is 2.19. The number of ether oxygens (including phenoxy) is 7. The third-order valence-electron chi connectivity index (χ3n) is 13.0. The summed E-state index contributed by atoms with van der Waals surface area (Å²) in [5.74, 6) is -0.0873. The van der Waals surface area contributed by atoms with Gasteiger partial charge in [-0.05, 0) is 91.6 Å². The fraction of sp³-hybridized carbons (Fsp3) is 0.933. The predicted molar refractivity (Wildman–Crippen MR) is 302 cm³/mol. The van der Waals surface area contributed by atoms with Crippen LogP contribution in [0, 0.1) is 0 Å². The summed E-state index contributed by atoms with van der Waals surface area (Å²) in [6.45, 7) is 19.7. The molecule has 0 aliphatic rings. The van der Waals surface area contributed by atoms with Crippen LogP contribution in [-0.4, -0.2) is 133 Å². The number of hydrogen-bond acceptors (Lipinski definition) is 12. The van der Waals surface area contributed by atoms with Gasteiger partial charge in [0.15, 0.2) is 0 Å². The first kappa shape index (κ1) is 71.5. The van der Waals surface area contributed by atoms with Crippen LogP contribution in [0.3, 0.4) is 0 Å². The van der Waals surface area contributed by atoms with Crippen molar-refractivity contribution in [1.82, 2.24) is 15.5 Å². The van der Waals surface area contributed by atoms with Crippen LogP contribution in [-0.2, 0) is 47.5 Å². The smallest absolute Gasteiger partial charge is 0.407 e. The van der Waals surface area contributed by atoms with Gasteiger partial charge in [-0.25, -0.2) is 4.79 Å². The first-order valence-electron chi connectivity index (χ1n) is 30.6. The van der Waals surface area contributed by atoms with Crippen molar-refractivity contribution in [2.75, 3.05) is 92.2 Å². The molecule has 14 heteroatoms. The summed E-state index contributed by atoms with van der Waals surface area (Å²) in [5, 5.41) is 5.74. The van der Waals surface area contributed by atoms with E-state index in [2.05, 4.69) is 36.3 Å². The lowest BCUT2D eigenvalue weighted by molar-refractivity contribution is -0.150. The third kappa shape index (κ3) is 55.7. The van der Waals surface area contributed by atoms with Crippen LogP contribution in [0.25, 0.3) is 0 Å². The summed E-state index contributed by atoms with van der Waals surface area (Å²) >= 11 is 0. The molecule has 74 heavy (non-hydrogen) atoms. The minimum Gasteiger partial charge on any atom is -0.466 e. The van der Waals surface area contributed by atoms with Gasteiger partial charge in [0.1, 0.15) is 11.7 Å². The lowest BCUT2D eigenvalue weighted by Crippen LogP contribution is -2.36. The second-order valence-corrected chi connectivity index (χ2v) is 21.4. The minimum absolute atomic E-state index is 0.0132. The summed E-state index contributed by atoms with van der Waals surface area (Å²) < 4.78 is 38.9. The van der Waals surface area contributed by atoms with Crippen molar-refractivity contribution in [1.29, 1.82) is 0 Å². The number of carbonyl (C=O) groups excluding carboxylic acids is 4. The molecule has 0 spiro atoms. The number of esters is 2. The van der Waals surface area contributed by atoms with E-state index in [0.717, 1.165) is 122 Å². The molecular formula is C60H117N3O11. The van der Waals surface area contributed by atoms with E-state index in [-0.39, 0.29) is 23.9 Å². The van der Waals surface area contributed by atoms with E-state index < -0.39 is 11.7 Å². The van der Waals surface area contributed by atoms with Gasteiger partial charge in [0.2, 0.25) is 5.91 Å². The number of hydrogen-bond donors (Lipinski definition) is 2. The van der Waals surface area contributed by atoms with Gasteiger partial charge in [0.25, 0.3) is 0 Å². The molecule has 0 bridgehead atoms. The zero-order valence-corrected chi connectivity index (χ0v) is 49.0. The van der Waals surface area contributed by atoms with Gasteiger partial charge in [-0.1, -0.05) is 162 Å². The zero-order chi connectivity index (χ0) is 54.3. The van der Waals surface area contributed by atoms with Gasteiger partial charge in [0.05, 0.1) is 59.5 Å². The molecule has 0 aromatic heterocycles. The maximum atomic E-state index is 12.9. The fourth-order valence-corrected chi connectivity index (χ4v) is 8.64.